The van der Waals surface area contributed by atoms with Crippen molar-refractivity contribution in [2.75, 3.05) is 25.6 Å². The van der Waals surface area contributed by atoms with Crippen molar-refractivity contribution in [2.24, 2.45) is 5.41 Å². The fourth-order valence-corrected chi connectivity index (χ4v) is 2.53. The van der Waals surface area contributed by atoms with Crippen LogP contribution in [0.1, 0.15) is 19.3 Å². The van der Waals surface area contributed by atoms with Crippen LogP contribution < -0.4 is 10.9 Å². The third kappa shape index (κ3) is 3.41. The number of hydrogen-bond acceptors (Lipinski definition) is 4. The Morgan fingerprint density at radius 3 is 3.00 bits per heavy atom. The summed E-state index contributed by atoms with van der Waals surface area (Å²) in [6.45, 7) is 1.77. The highest BCUT2D eigenvalue weighted by Gasteiger charge is 2.41. The van der Waals surface area contributed by atoms with Gasteiger partial charge in [0, 0.05) is 20.3 Å². The van der Waals surface area contributed by atoms with E-state index in [-0.39, 0.29) is 12.1 Å². The van der Waals surface area contributed by atoms with Crippen molar-refractivity contribution in [3.8, 4) is 12.3 Å². The Morgan fingerprint density at radius 1 is 1.65 bits per heavy atom. The van der Waals surface area contributed by atoms with E-state index < -0.39 is 0 Å². The number of rotatable bonds is 7. The topological polar surface area (TPSA) is 56.1 Å². The second-order valence-corrected chi connectivity index (χ2v) is 5.93. The number of methoxy groups -OCH3 is 1. The van der Waals surface area contributed by atoms with Crippen molar-refractivity contribution in [3.63, 3.8) is 0 Å². The van der Waals surface area contributed by atoms with Gasteiger partial charge >= 0.3 is 0 Å². The van der Waals surface area contributed by atoms with Crippen molar-refractivity contribution < 1.29 is 4.74 Å². The lowest BCUT2D eigenvalue weighted by Crippen LogP contribution is -2.25. The minimum atomic E-state index is -0.213. The molecule has 5 nitrogen and oxygen atoms in total. The molecule has 6 heteroatoms. The highest BCUT2D eigenvalue weighted by atomic mass is 79.9. The fraction of sp³-hybridized carbons (Fsp3) is 0.571. The van der Waals surface area contributed by atoms with E-state index in [0.717, 1.165) is 19.6 Å². The first-order valence-electron chi connectivity index (χ1n) is 6.54. The maximum absolute atomic E-state index is 12.0. The first-order valence-corrected chi connectivity index (χ1v) is 7.33. The van der Waals surface area contributed by atoms with Crippen LogP contribution in [-0.2, 0) is 11.3 Å². The minimum absolute atomic E-state index is 0.176. The van der Waals surface area contributed by atoms with Gasteiger partial charge in [0.15, 0.2) is 0 Å². The number of halogens is 1. The van der Waals surface area contributed by atoms with Crippen LogP contribution in [0.3, 0.4) is 0 Å². The molecular formula is C14H18BrN3O2. The minimum Gasteiger partial charge on any atom is -0.385 e. The van der Waals surface area contributed by atoms with Crippen molar-refractivity contribution in [3.05, 3.63) is 21.0 Å². The largest absolute Gasteiger partial charge is 0.385 e. The van der Waals surface area contributed by atoms with Gasteiger partial charge in [0.05, 0.1) is 11.9 Å². The van der Waals surface area contributed by atoms with E-state index in [9.17, 15) is 4.79 Å². The predicted molar refractivity (Wildman–Crippen MR) is 81.7 cm³/mol. The van der Waals surface area contributed by atoms with Crippen LogP contribution in [0.25, 0.3) is 0 Å². The molecule has 0 aliphatic heterocycles. The number of ether oxygens (including phenoxy) is 1. The summed E-state index contributed by atoms with van der Waals surface area (Å²) >= 11 is 3.31. The van der Waals surface area contributed by atoms with Crippen molar-refractivity contribution in [2.45, 2.75) is 25.8 Å². The SMILES string of the molecule is C#CCn1ncc(NCC2(CCOC)CC2)c(Br)c1=O. The average molecular weight is 340 g/mol. The van der Waals surface area contributed by atoms with E-state index in [4.69, 9.17) is 11.2 Å². The summed E-state index contributed by atoms with van der Waals surface area (Å²) in [5, 5.41) is 7.36. The summed E-state index contributed by atoms with van der Waals surface area (Å²) in [5.41, 5.74) is 0.810. The van der Waals surface area contributed by atoms with Gasteiger partial charge in [-0.1, -0.05) is 5.92 Å². The van der Waals surface area contributed by atoms with E-state index in [1.165, 1.54) is 17.5 Å². The molecule has 1 aromatic rings. The van der Waals surface area contributed by atoms with Crippen molar-refractivity contribution in [1.29, 1.82) is 0 Å². The van der Waals surface area contributed by atoms with Crippen molar-refractivity contribution >= 4 is 21.6 Å². The second-order valence-electron chi connectivity index (χ2n) is 5.14. The Bertz CT molecular complexity index is 573. The molecule has 1 heterocycles. The first-order chi connectivity index (χ1) is 9.62. The van der Waals surface area contributed by atoms with Gasteiger partial charge in [-0.05, 0) is 40.6 Å². The number of nitrogens with zero attached hydrogens (tertiary/aromatic N) is 2. The monoisotopic (exact) mass is 339 g/mol. The number of hydrogen-bond donors (Lipinski definition) is 1. The lowest BCUT2D eigenvalue weighted by molar-refractivity contribution is 0.175. The van der Waals surface area contributed by atoms with E-state index in [0.29, 0.717) is 15.6 Å². The zero-order chi connectivity index (χ0) is 14.6. The Morgan fingerprint density at radius 2 is 2.40 bits per heavy atom. The third-order valence-electron chi connectivity index (χ3n) is 3.67. The molecule has 1 fully saturated rings. The predicted octanol–water partition coefficient (Wildman–Crippen LogP) is 1.87. The summed E-state index contributed by atoms with van der Waals surface area (Å²) in [5.74, 6) is 2.41. The van der Waals surface area contributed by atoms with Crippen LogP contribution in [-0.4, -0.2) is 30.0 Å². The zero-order valence-electron chi connectivity index (χ0n) is 11.5. The lowest BCUT2D eigenvalue weighted by Gasteiger charge is -2.17. The maximum Gasteiger partial charge on any atom is 0.284 e. The number of anilines is 1. The smallest absolute Gasteiger partial charge is 0.284 e. The Labute approximate surface area is 126 Å². The number of aromatic nitrogens is 2. The molecule has 1 aromatic heterocycles. The summed E-state index contributed by atoms with van der Waals surface area (Å²) in [4.78, 5) is 12.0. The van der Waals surface area contributed by atoms with Crippen LogP contribution in [0.15, 0.2) is 15.5 Å². The normalized spacial score (nSPS) is 15.7. The van der Waals surface area contributed by atoms with Crippen LogP contribution >= 0.6 is 15.9 Å². The standard InChI is InChI=1S/C14H18BrN3O2/c1-3-7-18-13(19)12(15)11(9-17-18)16-10-14(4-5-14)6-8-20-2/h1,9,16H,4-8,10H2,2H3. The molecule has 0 saturated heterocycles. The Kier molecular flexibility index (Phi) is 4.84. The van der Waals surface area contributed by atoms with Crippen LogP contribution in [0.5, 0.6) is 0 Å². The molecule has 20 heavy (non-hydrogen) atoms. The van der Waals surface area contributed by atoms with E-state index in [1.807, 2.05) is 0 Å². The summed E-state index contributed by atoms with van der Waals surface area (Å²) < 4.78 is 6.87. The molecule has 0 atom stereocenters. The highest BCUT2D eigenvalue weighted by molar-refractivity contribution is 9.10. The molecule has 0 unspecified atom stereocenters. The lowest BCUT2D eigenvalue weighted by atomic mass is 10.0. The van der Waals surface area contributed by atoms with Crippen LogP contribution in [0, 0.1) is 17.8 Å². The van der Waals surface area contributed by atoms with Gasteiger partial charge in [-0.15, -0.1) is 6.42 Å². The molecule has 0 spiro atoms. The first kappa shape index (κ1) is 15.1. The van der Waals surface area contributed by atoms with E-state index >= 15 is 0 Å². The quantitative estimate of drug-likeness (QED) is 0.770. The maximum atomic E-state index is 12.0. The van der Waals surface area contributed by atoms with Gasteiger partial charge in [0.25, 0.3) is 5.56 Å². The molecule has 1 aliphatic rings. The Hall–Kier alpha value is -1.32. The van der Waals surface area contributed by atoms with Gasteiger partial charge < -0.3 is 10.1 Å². The average Bonchev–Trinajstić information content (AvgIpc) is 3.22. The van der Waals surface area contributed by atoms with Gasteiger partial charge in [0.1, 0.15) is 11.0 Å². The van der Waals surface area contributed by atoms with Gasteiger partial charge in [-0.3, -0.25) is 4.79 Å². The molecule has 0 aromatic carbocycles. The highest BCUT2D eigenvalue weighted by Crippen LogP contribution is 2.48. The molecule has 0 amide bonds. The molecule has 0 radical (unpaired) electrons. The Balaban J connectivity index is 2.02. The van der Waals surface area contributed by atoms with Gasteiger partial charge in [0.2, 0.25) is 0 Å². The van der Waals surface area contributed by atoms with E-state index in [2.05, 4.69) is 32.3 Å². The summed E-state index contributed by atoms with van der Waals surface area (Å²) in [7, 11) is 1.72. The number of nitrogens with one attached hydrogen (secondary N) is 1. The zero-order valence-corrected chi connectivity index (χ0v) is 13.1. The second kappa shape index (κ2) is 6.42. The molecule has 108 valence electrons. The number of terminal acetylenes is 1. The fourth-order valence-electron chi connectivity index (χ4n) is 2.08. The summed E-state index contributed by atoms with van der Waals surface area (Å²) in [6, 6.07) is 0. The molecule has 1 aliphatic carbocycles. The molecule has 2 rings (SSSR count). The van der Waals surface area contributed by atoms with Gasteiger partial charge in [-0.25, -0.2) is 4.68 Å². The van der Waals surface area contributed by atoms with Gasteiger partial charge in [-0.2, -0.15) is 5.10 Å². The van der Waals surface area contributed by atoms with Crippen molar-refractivity contribution in [1.82, 2.24) is 9.78 Å². The molecule has 0 bridgehead atoms. The third-order valence-corrected chi connectivity index (χ3v) is 4.44. The molecular weight excluding hydrogens is 322 g/mol. The van der Waals surface area contributed by atoms with E-state index in [1.54, 1.807) is 13.3 Å². The molecule has 1 saturated carbocycles. The molecule has 1 N–H and O–H groups in total. The van der Waals surface area contributed by atoms with Crippen LogP contribution in [0.2, 0.25) is 0 Å². The summed E-state index contributed by atoms with van der Waals surface area (Å²) in [6.07, 6.45) is 10.3. The van der Waals surface area contributed by atoms with Crippen LogP contribution in [0.4, 0.5) is 5.69 Å².